The van der Waals surface area contributed by atoms with Gasteiger partial charge in [0.25, 0.3) is 5.89 Å². The van der Waals surface area contributed by atoms with Crippen molar-refractivity contribution < 1.29 is 9.26 Å². The zero-order chi connectivity index (χ0) is 20.2. The van der Waals surface area contributed by atoms with Crippen molar-refractivity contribution in [1.29, 1.82) is 0 Å². The lowest BCUT2D eigenvalue weighted by molar-refractivity contribution is 0.313. The molecule has 3 rings (SSSR count). The number of benzene rings is 1. The van der Waals surface area contributed by atoms with Crippen LogP contribution in [0.5, 0.6) is 5.75 Å². The monoisotopic (exact) mass is 394 g/mol. The Hall–Kier alpha value is -3.42. The minimum Gasteiger partial charge on any atom is -0.494 e. The first-order valence-corrected chi connectivity index (χ1v) is 9.79. The normalized spacial score (nSPS) is 11.3. The lowest BCUT2D eigenvalue weighted by Crippen LogP contribution is -2.38. The molecule has 1 aromatic carbocycles. The van der Waals surface area contributed by atoms with E-state index in [2.05, 4.69) is 30.8 Å². The Labute approximate surface area is 170 Å². The van der Waals surface area contributed by atoms with Gasteiger partial charge in [0.05, 0.1) is 6.61 Å². The van der Waals surface area contributed by atoms with Crippen molar-refractivity contribution in [2.75, 3.05) is 26.2 Å². The molecule has 2 heterocycles. The predicted octanol–water partition coefficient (Wildman–Crippen LogP) is 2.70. The molecule has 3 aromatic rings. The van der Waals surface area contributed by atoms with Crippen LogP contribution in [-0.2, 0) is 6.42 Å². The van der Waals surface area contributed by atoms with Crippen molar-refractivity contribution in [3.05, 3.63) is 60.6 Å². The molecular formula is C21H26N6O2. The number of ether oxygens (including phenoxy) is 1. The van der Waals surface area contributed by atoms with Crippen LogP contribution in [0.15, 0.2) is 64.2 Å². The number of rotatable bonds is 10. The van der Waals surface area contributed by atoms with E-state index in [1.807, 2.05) is 55.5 Å². The van der Waals surface area contributed by atoms with Crippen molar-refractivity contribution >= 4 is 5.96 Å². The number of para-hydroxylation sites is 1. The highest BCUT2D eigenvalue weighted by molar-refractivity contribution is 5.79. The number of nitrogens with one attached hydrogen (secondary N) is 2. The summed E-state index contributed by atoms with van der Waals surface area (Å²) in [6.07, 6.45) is 3.16. The third kappa shape index (κ3) is 6.91. The molecule has 0 bridgehead atoms. The fourth-order valence-corrected chi connectivity index (χ4v) is 2.55. The van der Waals surface area contributed by atoms with E-state index in [0.29, 0.717) is 43.5 Å². The van der Waals surface area contributed by atoms with Crippen LogP contribution in [0.2, 0.25) is 0 Å². The summed E-state index contributed by atoms with van der Waals surface area (Å²) in [5.74, 6) is 2.71. The van der Waals surface area contributed by atoms with Crippen LogP contribution in [-0.4, -0.2) is 47.3 Å². The molecule has 2 N–H and O–H groups in total. The van der Waals surface area contributed by atoms with Gasteiger partial charge in [0.1, 0.15) is 11.4 Å². The summed E-state index contributed by atoms with van der Waals surface area (Å²) in [6, 6.07) is 15.4. The van der Waals surface area contributed by atoms with Crippen LogP contribution in [0.4, 0.5) is 0 Å². The van der Waals surface area contributed by atoms with E-state index in [1.165, 1.54) is 0 Å². The quantitative estimate of drug-likeness (QED) is 0.310. The molecule has 0 aliphatic carbocycles. The van der Waals surface area contributed by atoms with Gasteiger partial charge in [0, 0.05) is 38.7 Å². The Morgan fingerprint density at radius 1 is 1.10 bits per heavy atom. The Morgan fingerprint density at radius 2 is 1.97 bits per heavy atom. The van der Waals surface area contributed by atoms with Gasteiger partial charge in [0.15, 0.2) is 11.8 Å². The molecule has 0 saturated carbocycles. The van der Waals surface area contributed by atoms with E-state index in [1.54, 1.807) is 6.20 Å². The maximum absolute atomic E-state index is 5.68. The summed E-state index contributed by atoms with van der Waals surface area (Å²) in [5.41, 5.74) is 0.673. The van der Waals surface area contributed by atoms with Gasteiger partial charge in [-0.1, -0.05) is 29.4 Å². The van der Waals surface area contributed by atoms with Crippen molar-refractivity contribution in [2.24, 2.45) is 4.99 Å². The first-order chi connectivity index (χ1) is 14.3. The second-order valence-corrected chi connectivity index (χ2v) is 6.18. The molecular weight excluding hydrogens is 368 g/mol. The summed E-state index contributed by atoms with van der Waals surface area (Å²) < 4.78 is 11.0. The molecule has 152 valence electrons. The molecule has 0 aliphatic heterocycles. The molecule has 0 unspecified atom stereocenters. The number of aromatic nitrogens is 3. The fraction of sp³-hybridized carbons (Fsp3) is 0.333. The third-order valence-electron chi connectivity index (χ3n) is 3.92. The first-order valence-electron chi connectivity index (χ1n) is 9.79. The zero-order valence-electron chi connectivity index (χ0n) is 16.5. The molecule has 0 saturated heterocycles. The average molecular weight is 394 g/mol. The van der Waals surface area contributed by atoms with E-state index >= 15 is 0 Å². The Kier molecular flexibility index (Phi) is 8.01. The number of guanidine groups is 1. The van der Waals surface area contributed by atoms with Crippen LogP contribution in [0.25, 0.3) is 11.6 Å². The highest BCUT2D eigenvalue weighted by Crippen LogP contribution is 2.13. The largest absolute Gasteiger partial charge is 0.494 e. The summed E-state index contributed by atoms with van der Waals surface area (Å²) in [7, 11) is 0. The van der Waals surface area contributed by atoms with Gasteiger partial charge in [0.2, 0.25) is 0 Å². The number of nitrogens with zero attached hydrogens (tertiary/aromatic N) is 4. The summed E-state index contributed by atoms with van der Waals surface area (Å²) >= 11 is 0. The molecule has 8 nitrogen and oxygen atoms in total. The number of aliphatic imine (C=N–C) groups is 1. The van der Waals surface area contributed by atoms with Crippen LogP contribution in [0.3, 0.4) is 0 Å². The van der Waals surface area contributed by atoms with Gasteiger partial charge in [-0.3, -0.25) is 9.98 Å². The first kappa shape index (κ1) is 20.3. The van der Waals surface area contributed by atoms with Gasteiger partial charge in [-0.15, -0.1) is 0 Å². The smallest absolute Gasteiger partial charge is 0.276 e. The summed E-state index contributed by atoms with van der Waals surface area (Å²) in [4.78, 5) is 13.2. The van der Waals surface area contributed by atoms with E-state index in [-0.39, 0.29) is 0 Å². The molecule has 0 aliphatic rings. The standard InChI is InChI=1S/C21H26N6O2/c1-2-22-21(24-14-8-16-28-17-9-4-3-5-10-17)25-15-12-19-26-20(29-27-19)18-11-6-7-13-23-18/h3-7,9-11,13H,2,8,12,14-16H2,1H3,(H2,22,24,25). The topological polar surface area (TPSA) is 97.5 Å². The SMILES string of the molecule is CCNC(=NCCCOc1ccccc1)NCCc1noc(-c2ccccn2)n1. The highest BCUT2D eigenvalue weighted by atomic mass is 16.5. The van der Waals surface area contributed by atoms with Gasteiger partial charge in [-0.25, -0.2) is 0 Å². The second-order valence-electron chi connectivity index (χ2n) is 6.18. The molecule has 8 heteroatoms. The maximum atomic E-state index is 5.68. The molecule has 0 amide bonds. The van der Waals surface area contributed by atoms with Crippen LogP contribution < -0.4 is 15.4 Å². The lowest BCUT2D eigenvalue weighted by Gasteiger charge is -2.10. The van der Waals surface area contributed by atoms with Gasteiger partial charge >= 0.3 is 0 Å². The van der Waals surface area contributed by atoms with Crippen LogP contribution in [0.1, 0.15) is 19.2 Å². The predicted molar refractivity (Wildman–Crippen MR) is 112 cm³/mol. The molecule has 0 atom stereocenters. The Bertz CT molecular complexity index is 867. The fourth-order valence-electron chi connectivity index (χ4n) is 2.55. The van der Waals surface area contributed by atoms with Gasteiger partial charge in [-0.2, -0.15) is 4.98 Å². The van der Waals surface area contributed by atoms with Crippen LogP contribution >= 0.6 is 0 Å². The second kappa shape index (κ2) is 11.4. The minimum atomic E-state index is 0.430. The van der Waals surface area contributed by atoms with Crippen LogP contribution in [0, 0.1) is 0 Å². The molecule has 2 aromatic heterocycles. The average Bonchev–Trinajstić information content (AvgIpc) is 3.24. The zero-order valence-corrected chi connectivity index (χ0v) is 16.5. The van der Waals surface area contributed by atoms with Crippen molar-refractivity contribution in [1.82, 2.24) is 25.8 Å². The van der Waals surface area contributed by atoms with E-state index in [4.69, 9.17) is 9.26 Å². The van der Waals surface area contributed by atoms with Gasteiger partial charge in [-0.05, 0) is 31.2 Å². The van der Waals surface area contributed by atoms with Crippen molar-refractivity contribution in [2.45, 2.75) is 19.8 Å². The van der Waals surface area contributed by atoms with Crippen molar-refractivity contribution in [3.8, 4) is 17.3 Å². The number of pyridine rings is 1. The Morgan fingerprint density at radius 3 is 2.76 bits per heavy atom. The summed E-state index contributed by atoms with van der Waals surface area (Å²) in [6.45, 7) is 4.78. The summed E-state index contributed by atoms with van der Waals surface area (Å²) in [5, 5.41) is 10.5. The van der Waals surface area contributed by atoms with E-state index in [9.17, 15) is 0 Å². The highest BCUT2D eigenvalue weighted by Gasteiger charge is 2.09. The molecule has 0 radical (unpaired) electrons. The molecule has 0 fully saturated rings. The van der Waals surface area contributed by atoms with E-state index in [0.717, 1.165) is 24.7 Å². The molecule has 0 spiro atoms. The van der Waals surface area contributed by atoms with E-state index < -0.39 is 0 Å². The number of hydrogen-bond donors (Lipinski definition) is 2. The van der Waals surface area contributed by atoms with Gasteiger partial charge < -0.3 is 19.9 Å². The van der Waals surface area contributed by atoms with Crippen molar-refractivity contribution in [3.63, 3.8) is 0 Å². The Balaban J connectivity index is 1.39. The third-order valence-corrected chi connectivity index (χ3v) is 3.92. The minimum absolute atomic E-state index is 0.430. The lowest BCUT2D eigenvalue weighted by atomic mass is 10.3. The molecule has 29 heavy (non-hydrogen) atoms. The maximum Gasteiger partial charge on any atom is 0.276 e. The number of hydrogen-bond acceptors (Lipinski definition) is 6.